The fraction of sp³-hybridized carbons (Fsp3) is 0.474. The van der Waals surface area contributed by atoms with Crippen LogP contribution in [0.15, 0.2) is 24.8 Å². The number of hydrogen-bond donors (Lipinski definition) is 0. The minimum Gasteiger partial charge on any atom is -0.294 e. The Labute approximate surface area is 128 Å². The maximum Gasteiger partial charge on any atom is 0.165 e. The van der Waals surface area contributed by atoms with Crippen molar-refractivity contribution in [3.63, 3.8) is 0 Å². The highest BCUT2D eigenvalue weighted by molar-refractivity contribution is 6.03. The van der Waals surface area contributed by atoms with Crippen molar-refractivity contribution in [3.05, 3.63) is 41.5 Å². The van der Waals surface area contributed by atoms with E-state index in [1.165, 1.54) is 0 Å². The average molecular weight is 286 g/mol. The number of rotatable bonds is 6. The lowest BCUT2D eigenvalue weighted by atomic mass is 9.88. The van der Waals surface area contributed by atoms with Gasteiger partial charge < -0.3 is 0 Å². The number of benzene rings is 1. The van der Waals surface area contributed by atoms with Crippen molar-refractivity contribution in [1.29, 1.82) is 0 Å². The van der Waals surface area contributed by atoms with Crippen molar-refractivity contribution >= 4 is 17.1 Å². The summed E-state index contributed by atoms with van der Waals surface area (Å²) in [5.41, 5.74) is 3.05. The summed E-state index contributed by atoms with van der Waals surface area (Å²) in [7, 11) is 0. The van der Waals surface area contributed by atoms with E-state index in [0.717, 1.165) is 11.1 Å². The lowest BCUT2D eigenvalue weighted by molar-refractivity contribution is 0.0939. The van der Waals surface area contributed by atoms with Crippen molar-refractivity contribution in [2.45, 2.75) is 41.5 Å². The van der Waals surface area contributed by atoms with Crippen LogP contribution in [0.2, 0.25) is 0 Å². The summed E-state index contributed by atoms with van der Waals surface area (Å²) < 4.78 is 0. The molecule has 0 amide bonds. The molecule has 21 heavy (non-hydrogen) atoms. The Morgan fingerprint density at radius 2 is 1.05 bits per heavy atom. The number of Topliss-reactive ketones (excluding diaryl/α,β-unsaturated/α-hetero) is 2. The normalized spacial score (nSPS) is 11.3. The quantitative estimate of drug-likeness (QED) is 0.687. The molecule has 2 nitrogen and oxygen atoms in total. The highest BCUT2D eigenvalue weighted by atomic mass is 16.1. The monoisotopic (exact) mass is 286 g/mol. The first-order valence-electron chi connectivity index (χ1n) is 7.57. The number of allylic oxidation sites excluding steroid dienone is 1. The van der Waals surface area contributed by atoms with E-state index < -0.39 is 0 Å². The van der Waals surface area contributed by atoms with Crippen molar-refractivity contribution in [2.75, 3.05) is 0 Å². The fourth-order valence-electron chi connectivity index (χ4n) is 2.10. The molecule has 0 saturated carbocycles. The van der Waals surface area contributed by atoms with Crippen LogP contribution in [0.3, 0.4) is 0 Å². The van der Waals surface area contributed by atoms with E-state index in [9.17, 15) is 9.59 Å². The van der Waals surface area contributed by atoms with Crippen molar-refractivity contribution in [2.24, 2.45) is 17.8 Å². The van der Waals surface area contributed by atoms with Crippen LogP contribution in [-0.4, -0.2) is 11.6 Å². The summed E-state index contributed by atoms with van der Waals surface area (Å²) in [5.74, 6) is 0.220. The smallest absolute Gasteiger partial charge is 0.165 e. The zero-order valence-corrected chi connectivity index (χ0v) is 14.0. The lowest BCUT2D eigenvalue weighted by Gasteiger charge is -2.15. The highest BCUT2D eigenvalue weighted by Crippen LogP contribution is 2.25. The Kier molecular flexibility index (Phi) is 5.65. The van der Waals surface area contributed by atoms with Crippen LogP contribution < -0.4 is 0 Å². The Morgan fingerprint density at radius 1 is 0.714 bits per heavy atom. The Bertz CT molecular complexity index is 470. The topological polar surface area (TPSA) is 34.1 Å². The number of carbonyl (C=O) groups is 2. The van der Waals surface area contributed by atoms with Crippen LogP contribution in [0.1, 0.15) is 67.8 Å². The standard InChI is InChI=1S/C19H26O2/c1-11(2)14(7)15-8-16(18(20)12(3)4)10-17(9-15)19(21)13(5)6/h8-13H,7H2,1-6H3. The second-order valence-corrected chi connectivity index (χ2v) is 6.52. The van der Waals surface area contributed by atoms with Crippen molar-refractivity contribution < 1.29 is 9.59 Å². The van der Waals surface area contributed by atoms with E-state index in [0.29, 0.717) is 11.1 Å². The van der Waals surface area contributed by atoms with Crippen molar-refractivity contribution in [1.82, 2.24) is 0 Å². The van der Waals surface area contributed by atoms with E-state index >= 15 is 0 Å². The molecule has 0 bridgehead atoms. The predicted octanol–water partition coefficient (Wildman–Crippen LogP) is 5.03. The van der Waals surface area contributed by atoms with Crippen LogP contribution in [0, 0.1) is 17.8 Å². The Morgan fingerprint density at radius 3 is 1.33 bits per heavy atom. The van der Waals surface area contributed by atoms with Gasteiger partial charge in [-0.05, 0) is 35.3 Å². The van der Waals surface area contributed by atoms with E-state index in [1.54, 1.807) is 6.07 Å². The van der Waals surface area contributed by atoms with E-state index in [2.05, 4.69) is 20.4 Å². The van der Waals surface area contributed by atoms with Gasteiger partial charge in [0.15, 0.2) is 11.6 Å². The predicted molar refractivity (Wildman–Crippen MR) is 88.7 cm³/mol. The summed E-state index contributed by atoms with van der Waals surface area (Å²) in [6, 6.07) is 5.45. The molecule has 0 aliphatic heterocycles. The van der Waals surface area contributed by atoms with Gasteiger partial charge in [-0.15, -0.1) is 0 Å². The molecule has 1 aromatic rings. The van der Waals surface area contributed by atoms with Gasteiger partial charge >= 0.3 is 0 Å². The van der Waals surface area contributed by atoms with Gasteiger partial charge in [0.25, 0.3) is 0 Å². The maximum absolute atomic E-state index is 12.3. The molecule has 0 fully saturated rings. The van der Waals surface area contributed by atoms with Crippen LogP contribution in [0.5, 0.6) is 0 Å². The second kappa shape index (κ2) is 6.84. The first kappa shape index (κ1) is 17.4. The molecule has 0 atom stereocenters. The number of carbonyl (C=O) groups excluding carboxylic acids is 2. The largest absolute Gasteiger partial charge is 0.294 e. The molecule has 0 aliphatic rings. The first-order chi connectivity index (χ1) is 9.65. The molecule has 0 radical (unpaired) electrons. The van der Waals surface area contributed by atoms with Gasteiger partial charge in [0.1, 0.15) is 0 Å². The summed E-state index contributed by atoms with van der Waals surface area (Å²) in [6.45, 7) is 15.7. The summed E-state index contributed by atoms with van der Waals surface area (Å²) in [4.78, 5) is 24.6. The summed E-state index contributed by atoms with van der Waals surface area (Å²) >= 11 is 0. The molecule has 0 saturated heterocycles. The molecule has 1 aromatic carbocycles. The third-order valence-corrected chi connectivity index (χ3v) is 3.62. The van der Waals surface area contributed by atoms with Gasteiger partial charge in [-0.25, -0.2) is 0 Å². The van der Waals surface area contributed by atoms with Gasteiger partial charge in [-0.3, -0.25) is 9.59 Å². The molecule has 2 heteroatoms. The van der Waals surface area contributed by atoms with E-state index in [4.69, 9.17) is 0 Å². The van der Waals surface area contributed by atoms with Crippen LogP contribution in [-0.2, 0) is 0 Å². The summed E-state index contributed by atoms with van der Waals surface area (Å²) in [5, 5.41) is 0. The number of ketones is 2. The van der Waals surface area contributed by atoms with Gasteiger partial charge in [0.2, 0.25) is 0 Å². The van der Waals surface area contributed by atoms with Crippen LogP contribution in [0.4, 0.5) is 0 Å². The van der Waals surface area contributed by atoms with Gasteiger partial charge in [-0.2, -0.15) is 0 Å². The van der Waals surface area contributed by atoms with E-state index in [-0.39, 0.29) is 29.3 Å². The van der Waals surface area contributed by atoms with Gasteiger partial charge in [0, 0.05) is 23.0 Å². The zero-order valence-electron chi connectivity index (χ0n) is 14.0. The van der Waals surface area contributed by atoms with Gasteiger partial charge in [0.05, 0.1) is 0 Å². The molecule has 0 N–H and O–H groups in total. The third kappa shape index (κ3) is 4.13. The molecule has 0 spiro atoms. The van der Waals surface area contributed by atoms with Crippen LogP contribution >= 0.6 is 0 Å². The van der Waals surface area contributed by atoms with Gasteiger partial charge in [-0.1, -0.05) is 48.1 Å². The SMILES string of the molecule is C=C(c1cc(C(=O)C(C)C)cc(C(=O)C(C)C)c1)C(C)C. The van der Waals surface area contributed by atoms with E-state index in [1.807, 2.05) is 39.8 Å². The molecule has 114 valence electrons. The highest BCUT2D eigenvalue weighted by Gasteiger charge is 2.18. The zero-order chi connectivity index (χ0) is 16.3. The summed E-state index contributed by atoms with van der Waals surface area (Å²) in [6.07, 6.45) is 0. The lowest BCUT2D eigenvalue weighted by Crippen LogP contribution is -2.13. The molecular weight excluding hydrogens is 260 g/mol. The minimum atomic E-state index is -0.0884. The fourth-order valence-corrected chi connectivity index (χ4v) is 2.10. The second-order valence-electron chi connectivity index (χ2n) is 6.52. The third-order valence-electron chi connectivity index (χ3n) is 3.62. The average Bonchev–Trinajstić information content (AvgIpc) is 2.43. The Balaban J connectivity index is 3.43. The van der Waals surface area contributed by atoms with Crippen molar-refractivity contribution in [3.8, 4) is 0 Å². The minimum absolute atomic E-state index is 0.0613. The number of hydrogen-bond acceptors (Lipinski definition) is 2. The van der Waals surface area contributed by atoms with Crippen LogP contribution in [0.25, 0.3) is 5.57 Å². The Hall–Kier alpha value is -1.70. The molecule has 0 heterocycles. The molecular formula is C19H26O2. The molecule has 0 unspecified atom stereocenters. The first-order valence-corrected chi connectivity index (χ1v) is 7.57. The molecule has 1 rings (SSSR count). The molecule has 0 aromatic heterocycles. The molecule has 0 aliphatic carbocycles. The maximum atomic E-state index is 12.3.